The number of furan rings is 1. The normalized spacial score (nSPS) is 16.5. The number of non-ortho nitro benzene ring substituents is 1. The summed E-state index contributed by atoms with van der Waals surface area (Å²) in [7, 11) is -4.11. The average Bonchev–Trinajstić information content (AvgIpc) is 3.28. The molecule has 0 bridgehead atoms. The summed E-state index contributed by atoms with van der Waals surface area (Å²) >= 11 is 0. The minimum atomic E-state index is -4.11. The fourth-order valence-corrected chi connectivity index (χ4v) is 3.89. The topological polar surface area (TPSA) is 132 Å². The summed E-state index contributed by atoms with van der Waals surface area (Å²) in [6.45, 7) is 2.23. The van der Waals surface area contributed by atoms with Gasteiger partial charge in [0.2, 0.25) is 10.0 Å². The van der Waals surface area contributed by atoms with Crippen LogP contribution < -0.4 is 10.5 Å². The highest BCUT2D eigenvalue weighted by molar-refractivity contribution is 7.89. The van der Waals surface area contributed by atoms with Crippen molar-refractivity contribution >= 4 is 21.4 Å². The number of anilines is 1. The number of benzene rings is 1. The Kier molecular flexibility index (Phi) is 5.25. The molecule has 9 nitrogen and oxygen atoms in total. The van der Waals surface area contributed by atoms with Crippen molar-refractivity contribution in [1.29, 1.82) is 0 Å². The van der Waals surface area contributed by atoms with Gasteiger partial charge in [-0.25, -0.2) is 13.6 Å². The van der Waals surface area contributed by atoms with Gasteiger partial charge in [0.25, 0.3) is 5.69 Å². The van der Waals surface area contributed by atoms with Gasteiger partial charge in [-0.2, -0.15) is 0 Å². The van der Waals surface area contributed by atoms with E-state index in [-0.39, 0.29) is 22.3 Å². The Morgan fingerprint density at radius 3 is 2.62 bits per heavy atom. The second-order valence-electron chi connectivity index (χ2n) is 6.14. The van der Waals surface area contributed by atoms with Crippen molar-refractivity contribution in [3.63, 3.8) is 0 Å². The number of sulfonamides is 1. The zero-order valence-corrected chi connectivity index (χ0v) is 14.8. The zero-order valence-electron chi connectivity index (χ0n) is 14.0. The Morgan fingerprint density at radius 1 is 1.31 bits per heavy atom. The summed E-state index contributed by atoms with van der Waals surface area (Å²) in [4.78, 5) is 12.2. The van der Waals surface area contributed by atoms with Crippen LogP contribution in [0.5, 0.6) is 0 Å². The van der Waals surface area contributed by atoms with E-state index in [4.69, 9.17) is 9.56 Å². The molecule has 0 saturated carbocycles. The molecule has 1 atom stereocenters. The van der Waals surface area contributed by atoms with Crippen molar-refractivity contribution in [3.05, 3.63) is 52.5 Å². The smallest absolute Gasteiger partial charge is 0.270 e. The third-order valence-corrected chi connectivity index (χ3v) is 5.37. The number of nitro benzene ring substituents is 1. The minimum absolute atomic E-state index is 0.0731. The van der Waals surface area contributed by atoms with E-state index in [2.05, 4.69) is 10.2 Å². The fraction of sp³-hybridized carbons (Fsp3) is 0.375. The van der Waals surface area contributed by atoms with E-state index in [1.54, 1.807) is 12.3 Å². The number of nitrogens with one attached hydrogen (secondary N) is 1. The lowest BCUT2D eigenvalue weighted by molar-refractivity contribution is -0.385. The largest absolute Gasteiger partial charge is 0.468 e. The van der Waals surface area contributed by atoms with Gasteiger partial charge in [-0.1, -0.05) is 0 Å². The molecule has 2 heterocycles. The number of hydrogen-bond acceptors (Lipinski definition) is 7. The summed E-state index contributed by atoms with van der Waals surface area (Å²) in [5, 5.41) is 19.2. The standard InChI is InChI=1S/C16H20N4O5S/c17-26(23,24)16-10-12(20(21)22)5-6-13(16)18-11-14(15-4-3-9-25-15)19-7-1-2-8-19/h3-6,9-10,14,18H,1-2,7-8,11H2,(H2,17,23,24)/t14-/m1/s1. The van der Waals surface area contributed by atoms with Gasteiger partial charge >= 0.3 is 0 Å². The molecule has 0 radical (unpaired) electrons. The summed E-state index contributed by atoms with van der Waals surface area (Å²) in [6.07, 6.45) is 3.79. The highest BCUT2D eigenvalue weighted by atomic mass is 32.2. The van der Waals surface area contributed by atoms with Gasteiger partial charge in [-0.05, 0) is 44.1 Å². The molecule has 10 heteroatoms. The fourth-order valence-electron chi connectivity index (χ4n) is 3.16. The van der Waals surface area contributed by atoms with E-state index in [0.717, 1.165) is 37.8 Å². The van der Waals surface area contributed by atoms with Crippen molar-refractivity contribution in [2.45, 2.75) is 23.8 Å². The Balaban J connectivity index is 1.86. The maximum Gasteiger partial charge on any atom is 0.270 e. The Hall–Kier alpha value is -2.43. The van der Waals surface area contributed by atoms with Crippen LogP contribution in [0.15, 0.2) is 45.9 Å². The van der Waals surface area contributed by atoms with Gasteiger partial charge < -0.3 is 9.73 Å². The maximum atomic E-state index is 11.8. The van der Waals surface area contributed by atoms with E-state index >= 15 is 0 Å². The van der Waals surface area contributed by atoms with Crippen LogP contribution in [0.3, 0.4) is 0 Å². The van der Waals surface area contributed by atoms with Crippen LogP contribution in [0.2, 0.25) is 0 Å². The van der Waals surface area contributed by atoms with Crippen LogP contribution in [-0.4, -0.2) is 37.9 Å². The first-order chi connectivity index (χ1) is 12.4. The van der Waals surface area contributed by atoms with E-state index in [1.165, 1.54) is 12.1 Å². The highest BCUT2D eigenvalue weighted by Crippen LogP contribution is 2.29. The average molecular weight is 380 g/mol. The molecule has 1 aromatic carbocycles. The van der Waals surface area contributed by atoms with Gasteiger partial charge in [0.05, 0.1) is 22.9 Å². The van der Waals surface area contributed by atoms with Crippen LogP contribution in [-0.2, 0) is 10.0 Å². The number of hydrogen-bond donors (Lipinski definition) is 2. The molecule has 2 aromatic rings. The monoisotopic (exact) mass is 380 g/mol. The first-order valence-electron chi connectivity index (χ1n) is 8.19. The summed E-state index contributed by atoms with van der Waals surface area (Å²) in [5.74, 6) is 0.776. The van der Waals surface area contributed by atoms with Crippen molar-refractivity contribution in [1.82, 2.24) is 4.90 Å². The predicted molar refractivity (Wildman–Crippen MR) is 95.2 cm³/mol. The minimum Gasteiger partial charge on any atom is -0.468 e. The molecule has 0 spiro atoms. The molecule has 1 aromatic heterocycles. The van der Waals surface area contributed by atoms with Crippen LogP contribution in [0.1, 0.15) is 24.6 Å². The van der Waals surface area contributed by atoms with Gasteiger partial charge in [0.1, 0.15) is 10.7 Å². The first kappa shape index (κ1) is 18.4. The van der Waals surface area contributed by atoms with Crippen LogP contribution in [0.4, 0.5) is 11.4 Å². The lowest BCUT2D eigenvalue weighted by Gasteiger charge is -2.26. The molecule has 0 aliphatic carbocycles. The number of nitrogens with zero attached hydrogens (tertiary/aromatic N) is 2. The first-order valence-corrected chi connectivity index (χ1v) is 9.73. The van der Waals surface area contributed by atoms with Crippen LogP contribution in [0, 0.1) is 10.1 Å². The van der Waals surface area contributed by atoms with Crippen molar-refractivity contribution < 1.29 is 17.8 Å². The predicted octanol–water partition coefficient (Wildman–Crippen LogP) is 2.08. The molecule has 0 amide bonds. The molecule has 1 saturated heterocycles. The van der Waals surface area contributed by atoms with Crippen molar-refractivity contribution in [2.75, 3.05) is 25.0 Å². The van der Waals surface area contributed by atoms with Crippen LogP contribution >= 0.6 is 0 Å². The van der Waals surface area contributed by atoms with Gasteiger partial charge in [0.15, 0.2) is 0 Å². The summed E-state index contributed by atoms with van der Waals surface area (Å²) < 4.78 is 29.2. The number of likely N-dealkylation sites (tertiary alicyclic amines) is 1. The molecule has 1 fully saturated rings. The van der Waals surface area contributed by atoms with Crippen molar-refractivity contribution in [3.8, 4) is 0 Å². The van der Waals surface area contributed by atoms with E-state index in [0.29, 0.717) is 6.54 Å². The summed E-state index contributed by atoms with van der Waals surface area (Å²) in [5.41, 5.74) is -0.101. The Morgan fingerprint density at radius 2 is 2.04 bits per heavy atom. The number of nitro groups is 1. The molecule has 0 unspecified atom stereocenters. The zero-order chi connectivity index (χ0) is 18.7. The molecule has 26 heavy (non-hydrogen) atoms. The van der Waals surface area contributed by atoms with Crippen LogP contribution in [0.25, 0.3) is 0 Å². The van der Waals surface area contributed by atoms with Gasteiger partial charge in [-0.15, -0.1) is 0 Å². The van der Waals surface area contributed by atoms with Gasteiger partial charge in [-0.3, -0.25) is 15.0 Å². The van der Waals surface area contributed by atoms with E-state index in [1.807, 2.05) is 6.07 Å². The third-order valence-electron chi connectivity index (χ3n) is 4.42. The molecule has 140 valence electrons. The lowest BCUT2D eigenvalue weighted by Crippen LogP contribution is -2.31. The SMILES string of the molecule is NS(=O)(=O)c1cc([N+](=O)[O-])ccc1NC[C@H](c1ccco1)N1CCCC1. The second-order valence-corrected chi connectivity index (χ2v) is 7.67. The summed E-state index contributed by atoms with van der Waals surface area (Å²) in [6, 6.07) is 7.18. The molecule has 1 aliphatic rings. The van der Waals surface area contributed by atoms with Crippen molar-refractivity contribution in [2.24, 2.45) is 5.14 Å². The highest BCUT2D eigenvalue weighted by Gasteiger charge is 2.26. The lowest BCUT2D eigenvalue weighted by atomic mass is 10.2. The molecular formula is C16H20N4O5S. The quantitative estimate of drug-likeness (QED) is 0.555. The van der Waals surface area contributed by atoms with Gasteiger partial charge in [0, 0.05) is 18.7 Å². The number of primary sulfonamides is 1. The maximum absolute atomic E-state index is 11.8. The number of rotatable bonds is 7. The second kappa shape index (κ2) is 7.44. The third kappa shape index (κ3) is 4.03. The molecular weight excluding hydrogens is 360 g/mol. The molecule has 1 aliphatic heterocycles. The number of nitrogens with two attached hydrogens (primary N) is 1. The Labute approximate surface area is 151 Å². The van der Waals surface area contributed by atoms with E-state index in [9.17, 15) is 18.5 Å². The molecule has 3 rings (SSSR count). The molecule has 3 N–H and O–H groups in total. The Bertz CT molecular complexity index is 876. The van der Waals surface area contributed by atoms with E-state index < -0.39 is 14.9 Å².